The number of hydrogen-bond acceptors (Lipinski definition) is 3. The Morgan fingerprint density at radius 2 is 1.96 bits per heavy atom. The van der Waals surface area contributed by atoms with Crippen LogP contribution in [0, 0.1) is 5.92 Å². The van der Waals surface area contributed by atoms with Gasteiger partial charge in [0.05, 0.1) is 0 Å². The van der Waals surface area contributed by atoms with Crippen LogP contribution in [0.15, 0.2) is 30.3 Å². The number of nitrogens with two attached hydrogens (primary N) is 1. The van der Waals surface area contributed by atoms with Gasteiger partial charge in [-0.2, -0.15) is 0 Å². The van der Waals surface area contributed by atoms with Gasteiger partial charge < -0.3 is 11.1 Å². The molecule has 4 nitrogen and oxygen atoms in total. The molecule has 0 saturated carbocycles. The van der Waals surface area contributed by atoms with Crippen molar-refractivity contribution in [3.05, 3.63) is 35.9 Å². The second-order valence-corrected chi connectivity index (χ2v) is 7.67. The van der Waals surface area contributed by atoms with E-state index in [1.807, 2.05) is 30.3 Å². The van der Waals surface area contributed by atoms with Crippen LogP contribution in [0.1, 0.15) is 58.1 Å². The first kappa shape index (κ1) is 25.2. The van der Waals surface area contributed by atoms with Crippen LogP contribution in [0.5, 0.6) is 0 Å². The van der Waals surface area contributed by atoms with Gasteiger partial charge in [0.15, 0.2) is 0 Å². The lowest BCUT2D eigenvalue weighted by molar-refractivity contribution is -0.122. The molecule has 2 atom stereocenters. The summed E-state index contributed by atoms with van der Waals surface area (Å²) in [5.74, 6) is 0.823. The summed E-state index contributed by atoms with van der Waals surface area (Å²) >= 11 is 0. The highest BCUT2D eigenvalue weighted by atomic mass is 35.5. The largest absolute Gasteiger partial charge is 0.354 e. The van der Waals surface area contributed by atoms with Gasteiger partial charge in [-0.3, -0.25) is 9.69 Å². The number of rotatable bonds is 7. The molecule has 0 spiro atoms. The fraction of sp³-hybridized carbons (Fsp3) is 0.650. The highest BCUT2D eigenvalue weighted by molar-refractivity contribution is 5.85. The van der Waals surface area contributed by atoms with Gasteiger partial charge in [-0.15, -0.1) is 24.8 Å². The lowest BCUT2D eigenvalue weighted by Crippen LogP contribution is -2.55. The van der Waals surface area contributed by atoms with E-state index in [0.717, 1.165) is 24.6 Å². The number of nitrogens with zero attached hydrogens (tertiary/aromatic N) is 1. The van der Waals surface area contributed by atoms with E-state index in [9.17, 15) is 4.79 Å². The average Bonchev–Trinajstić information content (AvgIpc) is 2.61. The number of piperidine rings is 1. The van der Waals surface area contributed by atoms with E-state index in [2.05, 4.69) is 31.0 Å². The molecule has 1 aliphatic rings. The van der Waals surface area contributed by atoms with E-state index in [1.54, 1.807) is 0 Å². The van der Waals surface area contributed by atoms with Crippen LogP contribution in [0.4, 0.5) is 0 Å². The number of nitrogens with one attached hydrogen (secondary N) is 1. The molecule has 0 aliphatic carbocycles. The molecule has 1 fully saturated rings. The number of carbonyl (C=O) groups is 1. The third-order valence-electron chi connectivity index (χ3n) is 5.30. The van der Waals surface area contributed by atoms with Crippen molar-refractivity contribution in [2.24, 2.45) is 11.7 Å². The standard InChI is InChI=1S/C20H33N3O.2ClH/c1-4-16-9-8-12-23(14-16)20(2,3)15-22-19(24)13-18(21)17-10-6-5-7-11-17;;/h5-7,10-11,16,18H,4,8-9,12-15,21H2,1-3H3,(H,22,24);2*1H. The molecule has 150 valence electrons. The quantitative estimate of drug-likeness (QED) is 0.724. The molecule has 0 radical (unpaired) electrons. The van der Waals surface area contributed by atoms with Crippen LogP contribution in [0.25, 0.3) is 0 Å². The second-order valence-electron chi connectivity index (χ2n) is 7.67. The van der Waals surface area contributed by atoms with Crippen LogP contribution in [0.3, 0.4) is 0 Å². The van der Waals surface area contributed by atoms with Gasteiger partial charge in [0, 0.05) is 31.1 Å². The van der Waals surface area contributed by atoms with Gasteiger partial charge in [0.2, 0.25) is 5.91 Å². The SMILES string of the molecule is CCC1CCCN(C(C)(C)CNC(=O)CC(N)c2ccccc2)C1.Cl.Cl. The Hall–Kier alpha value is -0.810. The molecule has 1 heterocycles. The predicted octanol–water partition coefficient (Wildman–Crippen LogP) is 3.94. The highest BCUT2D eigenvalue weighted by Crippen LogP contribution is 2.25. The van der Waals surface area contributed by atoms with E-state index in [4.69, 9.17) is 5.73 Å². The molecule has 2 unspecified atom stereocenters. The first-order valence-corrected chi connectivity index (χ1v) is 9.24. The second kappa shape index (κ2) is 11.8. The van der Waals surface area contributed by atoms with Gasteiger partial charge in [0.25, 0.3) is 0 Å². The van der Waals surface area contributed by atoms with Crippen molar-refractivity contribution >= 4 is 30.7 Å². The maximum Gasteiger partial charge on any atom is 0.221 e. The molecule has 26 heavy (non-hydrogen) atoms. The summed E-state index contributed by atoms with van der Waals surface area (Å²) in [5, 5.41) is 3.09. The number of benzene rings is 1. The average molecular weight is 404 g/mol. The van der Waals surface area contributed by atoms with Crippen molar-refractivity contribution in [2.45, 2.75) is 58.0 Å². The lowest BCUT2D eigenvalue weighted by Gasteiger charge is -2.43. The van der Waals surface area contributed by atoms with Crippen molar-refractivity contribution in [1.82, 2.24) is 10.2 Å². The number of carbonyl (C=O) groups excluding carboxylic acids is 1. The Balaban J connectivity index is 0.00000312. The zero-order valence-electron chi connectivity index (χ0n) is 16.2. The summed E-state index contributed by atoms with van der Waals surface area (Å²) in [6, 6.07) is 9.57. The molecule has 1 saturated heterocycles. The van der Waals surface area contributed by atoms with Crippen molar-refractivity contribution in [1.29, 1.82) is 0 Å². The minimum Gasteiger partial charge on any atom is -0.354 e. The first-order valence-electron chi connectivity index (χ1n) is 9.24. The third-order valence-corrected chi connectivity index (χ3v) is 5.30. The van der Waals surface area contributed by atoms with Crippen LogP contribution in [0.2, 0.25) is 0 Å². The Morgan fingerprint density at radius 3 is 2.58 bits per heavy atom. The fourth-order valence-corrected chi connectivity index (χ4v) is 3.46. The predicted molar refractivity (Wildman–Crippen MR) is 114 cm³/mol. The molecule has 3 N–H and O–H groups in total. The Kier molecular flexibility index (Phi) is 11.4. The molecule has 1 aromatic carbocycles. The van der Waals surface area contributed by atoms with Crippen molar-refractivity contribution < 1.29 is 4.79 Å². The minimum absolute atomic E-state index is 0. The number of likely N-dealkylation sites (tertiary alicyclic amines) is 1. The van der Waals surface area contributed by atoms with E-state index < -0.39 is 0 Å². The number of hydrogen-bond donors (Lipinski definition) is 2. The molecule has 1 amide bonds. The fourth-order valence-electron chi connectivity index (χ4n) is 3.46. The number of amides is 1. The van der Waals surface area contributed by atoms with Gasteiger partial charge in [-0.1, -0.05) is 43.7 Å². The molecule has 0 aromatic heterocycles. The normalized spacial score (nSPS) is 19.0. The molecular formula is C20H35Cl2N3O. The summed E-state index contributed by atoms with van der Waals surface area (Å²) in [5.41, 5.74) is 7.14. The van der Waals surface area contributed by atoms with Crippen LogP contribution < -0.4 is 11.1 Å². The van der Waals surface area contributed by atoms with E-state index in [0.29, 0.717) is 13.0 Å². The smallest absolute Gasteiger partial charge is 0.221 e. The Bertz CT molecular complexity index is 525. The molecule has 1 aliphatic heterocycles. The maximum atomic E-state index is 12.3. The minimum atomic E-state index is -0.242. The lowest BCUT2D eigenvalue weighted by atomic mass is 9.91. The van der Waals surface area contributed by atoms with E-state index >= 15 is 0 Å². The molecule has 6 heteroatoms. The van der Waals surface area contributed by atoms with Gasteiger partial charge in [0.1, 0.15) is 0 Å². The molecule has 1 aromatic rings. The summed E-state index contributed by atoms with van der Waals surface area (Å²) in [4.78, 5) is 14.8. The van der Waals surface area contributed by atoms with Gasteiger partial charge >= 0.3 is 0 Å². The van der Waals surface area contributed by atoms with E-state index in [-0.39, 0.29) is 42.3 Å². The van der Waals surface area contributed by atoms with Gasteiger partial charge in [-0.05, 0) is 44.7 Å². The summed E-state index contributed by atoms with van der Waals surface area (Å²) in [6.45, 7) is 9.66. The monoisotopic (exact) mass is 403 g/mol. The number of halogens is 2. The van der Waals surface area contributed by atoms with Gasteiger partial charge in [-0.25, -0.2) is 0 Å². The topological polar surface area (TPSA) is 58.4 Å². The van der Waals surface area contributed by atoms with Crippen LogP contribution in [-0.4, -0.2) is 36.0 Å². The molecular weight excluding hydrogens is 369 g/mol. The van der Waals surface area contributed by atoms with Crippen molar-refractivity contribution in [3.8, 4) is 0 Å². The third kappa shape index (κ3) is 7.43. The Morgan fingerprint density at radius 1 is 1.31 bits per heavy atom. The first-order chi connectivity index (χ1) is 11.4. The highest BCUT2D eigenvalue weighted by Gasteiger charge is 2.31. The van der Waals surface area contributed by atoms with Crippen molar-refractivity contribution in [2.75, 3.05) is 19.6 Å². The maximum absolute atomic E-state index is 12.3. The molecule has 0 bridgehead atoms. The van der Waals surface area contributed by atoms with Crippen molar-refractivity contribution in [3.63, 3.8) is 0 Å². The Labute approximate surface area is 171 Å². The summed E-state index contributed by atoms with van der Waals surface area (Å²) < 4.78 is 0. The van der Waals surface area contributed by atoms with Crippen LogP contribution in [-0.2, 0) is 4.79 Å². The van der Waals surface area contributed by atoms with Crippen LogP contribution >= 0.6 is 24.8 Å². The zero-order valence-corrected chi connectivity index (χ0v) is 17.9. The summed E-state index contributed by atoms with van der Waals surface area (Å²) in [6.07, 6.45) is 4.17. The molecule has 2 rings (SSSR count). The zero-order chi connectivity index (χ0) is 17.6. The van der Waals surface area contributed by atoms with E-state index in [1.165, 1.54) is 19.3 Å². The summed E-state index contributed by atoms with van der Waals surface area (Å²) in [7, 11) is 0.